The van der Waals surface area contributed by atoms with Gasteiger partial charge in [0.25, 0.3) is 0 Å². The Balaban J connectivity index is 2.04. The second-order valence-corrected chi connectivity index (χ2v) is 5.35. The molecule has 0 saturated heterocycles. The van der Waals surface area contributed by atoms with E-state index in [-0.39, 0.29) is 11.5 Å². The van der Waals surface area contributed by atoms with Gasteiger partial charge in [-0.2, -0.15) is 0 Å². The molecule has 98 valence electrons. The highest BCUT2D eigenvalue weighted by molar-refractivity contribution is 7.13. The number of phenols is 1. The lowest BCUT2D eigenvalue weighted by atomic mass is 10.0. The summed E-state index contributed by atoms with van der Waals surface area (Å²) in [5.41, 5.74) is 1.93. The summed E-state index contributed by atoms with van der Waals surface area (Å²) in [5.74, 6) is 0.153. The summed E-state index contributed by atoms with van der Waals surface area (Å²) in [7, 11) is 0. The molecule has 0 aliphatic carbocycles. The fourth-order valence-electron chi connectivity index (χ4n) is 2.06. The molecule has 0 atom stereocenters. The minimum absolute atomic E-state index is 0.0385. The Morgan fingerprint density at radius 1 is 0.900 bits per heavy atom. The molecule has 0 fully saturated rings. The van der Waals surface area contributed by atoms with Gasteiger partial charge in [0.2, 0.25) is 0 Å². The Labute approximate surface area is 121 Å². The van der Waals surface area contributed by atoms with Gasteiger partial charge in [-0.15, -0.1) is 11.3 Å². The van der Waals surface area contributed by atoms with E-state index in [2.05, 4.69) is 0 Å². The maximum absolute atomic E-state index is 12.4. The van der Waals surface area contributed by atoms with Crippen molar-refractivity contribution in [3.05, 3.63) is 77.2 Å². The number of benzene rings is 2. The van der Waals surface area contributed by atoms with Crippen LogP contribution in [-0.4, -0.2) is 10.9 Å². The molecule has 0 bridgehead atoms. The molecule has 0 saturated carbocycles. The summed E-state index contributed by atoms with van der Waals surface area (Å²) in [6, 6.07) is 18.0. The number of carbonyl (C=O) groups excluding carboxylic acids is 1. The molecule has 0 amide bonds. The zero-order valence-corrected chi connectivity index (χ0v) is 11.4. The lowest BCUT2D eigenvalue weighted by molar-refractivity contribution is 0.103. The molecular weight excluding hydrogens is 268 g/mol. The number of phenolic OH excluding ortho intramolecular Hbond substituents is 1. The van der Waals surface area contributed by atoms with Crippen molar-refractivity contribution in [2.24, 2.45) is 0 Å². The highest BCUT2D eigenvalue weighted by atomic mass is 32.1. The Morgan fingerprint density at radius 3 is 2.40 bits per heavy atom. The number of thiophene rings is 1. The third kappa shape index (κ3) is 2.36. The Bertz CT molecular complexity index is 731. The number of aromatic hydroxyl groups is 1. The van der Waals surface area contributed by atoms with E-state index in [1.165, 1.54) is 11.3 Å². The van der Waals surface area contributed by atoms with Crippen LogP contribution in [-0.2, 0) is 0 Å². The van der Waals surface area contributed by atoms with E-state index in [1.807, 2.05) is 35.7 Å². The van der Waals surface area contributed by atoms with Gasteiger partial charge in [0, 0.05) is 21.6 Å². The van der Waals surface area contributed by atoms with Crippen LogP contribution >= 0.6 is 11.3 Å². The molecule has 1 aromatic heterocycles. The number of hydrogen-bond donors (Lipinski definition) is 1. The zero-order valence-electron chi connectivity index (χ0n) is 10.6. The van der Waals surface area contributed by atoms with Crippen LogP contribution in [0, 0.1) is 0 Å². The van der Waals surface area contributed by atoms with Crippen molar-refractivity contribution in [1.29, 1.82) is 0 Å². The van der Waals surface area contributed by atoms with Crippen LogP contribution in [0.25, 0.3) is 10.4 Å². The second kappa shape index (κ2) is 5.31. The highest BCUT2D eigenvalue weighted by Gasteiger charge is 2.12. The summed E-state index contributed by atoms with van der Waals surface area (Å²) in [4.78, 5) is 13.4. The molecule has 1 heterocycles. The van der Waals surface area contributed by atoms with Crippen molar-refractivity contribution >= 4 is 17.1 Å². The third-order valence-corrected chi connectivity index (χ3v) is 3.98. The van der Waals surface area contributed by atoms with E-state index in [4.69, 9.17) is 0 Å². The maximum atomic E-state index is 12.4. The van der Waals surface area contributed by atoms with Gasteiger partial charge in [-0.1, -0.05) is 36.4 Å². The molecule has 0 aliphatic rings. The van der Waals surface area contributed by atoms with Crippen LogP contribution in [0.5, 0.6) is 5.75 Å². The van der Waals surface area contributed by atoms with Crippen LogP contribution < -0.4 is 0 Å². The molecule has 3 rings (SSSR count). The van der Waals surface area contributed by atoms with E-state index in [1.54, 1.807) is 30.3 Å². The molecule has 0 unspecified atom stereocenters. The Hall–Kier alpha value is -2.39. The van der Waals surface area contributed by atoms with E-state index in [9.17, 15) is 9.90 Å². The molecule has 20 heavy (non-hydrogen) atoms. The lowest BCUT2D eigenvalue weighted by Crippen LogP contribution is -2.00. The predicted octanol–water partition coefficient (Wildman–Crippen LogP) is 4.35. The standard InChI is InChI=1S/C17H12O2S/c18-15-9-8-13(11-14(15)16-7-4-10-20-16)17(19)12-5-2-1-3-6-12/h1-11,18H. The first-order valence-electron chi connectivity index (χ1n) is 6.22. The number of ketones is 1. The van der Waals surface area contributed by atoms with Crippen molar-refractivity contribution in [2.45, 2.75) is 0 Å². The smallest absolute Gasteiger partial charge is 0.193 e. The quantitative estimate of drug-likeness (QED) is 0.724. The van der Waals surface area contributed by atoms with E-state index in [0.717, 1.165) is 4.88 Å². The van der Waals surface area contributed by atoms with Crippen molar-refractivity contribution in [3.8, 4) is 16.2 Å². The summed E-state index contributed by atoms with van der Waals surface area (Å²) >= 11 is 1.54. The van der Waals surface area contributed by atoms with Crippen LogP contribution in [0.4, 0.5) is 0 Å². The molecule has 3 heteroatoms. The first-order chi connectivity index (χ1) is 9.75. The van der Waals surface area contributed by atoms with Crippen molar-refractivity contribution < 1.29 is 9.90 Å². The fourth-order valence-corrected chi connectivity index (χ4v) is 2.81. The van der Waals surface area contributed by atoms with Gasteiger partial charge in [0.1, 0.15) is 5.75 Å². The van der Waals surface area contributed by atoms with Crippen molar-refractivity contribution in [1.82, 2.24) is 0 Å². The van der Waals surface area contributed by atoms with Crippen molar-refractivity contribution in [2.75, 3.05) is 0 Å². The van der Waals surface area contributed by atoms with E-state index >= 15 is 0 Å². The highest BCUT2D eigenvalue weighted by Crippen LogP contribution is 2.33. The number of carbonyl (C=O) groups is 1. The van der Waals surface area contributed by atoms with Crippen LogP contribution in [0.3, 0.4) is 0 Å². The minimum atomic E-state index is -0.0385. The van der Waals surface area contributed by atoms with Gasteiger partial charge in [-0.25, -0.2) is 0 Å². The summed E-state index contributed by atoms with van der Waals surface area (Å²) < 4.78 is 0. The zero-order chi connectivity index (χ0) is 13.9. The van der Waals surface area contributed by atoms with Crippen LogP contribution in [0.1, 0.15) is 15.9 Å². The van der Waals surface area contributed by atoms with Gasteiger partial charge in [0.15, 0.2) is 5.78 Å². The van der Waals surface area contributed by atoms with Gasteiger partial charge in [-0.05, 0) is 29.6 Å². The van der Waals surface area contributed by atoms with Crippen LogP contribution in [0.15, 0.2) is 66.0 Å². The summed E-state index contributed by atoms with van der Waals surface area (Å²) in [6.45, 7) is 0. The minimum Gasteiger partial charge on any atom is -0.507 e. The molecule has 2 aromatic carbocycles. The van der Waals surface area contributed by atoms with E-state index in [0.29, 0.717) is 16.7 Å². The Morgan fingerprint density at radius 2 is 1.70 bits per heavy atom. The van der Waals surface area contributed by atoms with Gasteiger partial charge < -0.3 is 5.11 Å². The first-order valence-corrected chi connectivity index (χ1v) is 7.10. The summed E-state index contributed by atoms with van der Waals surface area (Å²) in [5, 5.41) is 11.9. The topological polar surface area (TPSA) is 37.3 Å². The largest absolute Gasteiger partial charge is 0.507 e. The SMILES string of the molecule is O=C(c1ccccc1)c1ccc(O)c(-c2cccs2)c1. The molecular formula is C17H12O2S. The van der Waals surface area contributed by atoms with Gasteiger partial charge >= 0.3 is 0 Å². The van der Waals surface area contributed by atoms with Crippen molar-refractivity contribution in [3.63, 3.8) is 0 Å². The molecule has 0 spiro atoms. The normalized spacial score (nSPS) is 10.4. The maximum Gasteiger partial charge on any atom is 0.193 e. The molecule has 0 radical (unpaired) electrons. The van der Waals surface area contributed by atoms with Gasteiger partial charge in [-0.3, -0.25) is 4.79 Å². The molecule has 3 aromatic rings. The number of hydrogen-bond acceptors (Lipinski definition) is 3. The average Bonchev–Trinajstić information content (AvgIpc) is 3.02. The number of rotatable bonds is 3. The average molecular weight is 280 g/mol. The molecule has 1 N–H and O–H groups in total. The first kappa shape index (κ1) is 12.6. The monoisotopic (exact) mass is 280 g/mol. The third-order valence-electron chi connectivity index (χ3n) is 3.08. The molecule has 0 aliphatic heterocycles. The summed E-state index contributed by atoms with van der Waals surface area (Å²) in [6.07, 6.45) is 0. The molecule has 2 nitrogen and oxygen atoms in total. The fraction of sp³-hybridized carbons (Fsp3) is 0. The van der Waals surface area contributed by atoms with E-state index < -0.39 is 0 Å². The lowest BCUT2D eigenvalue weighted by Gasteiger charge is -2.06. The van der Waals surface area contributed by atoms with Crippen LogP contribution in [0.2, 0.25) is 0 Å². The predicted molar refractivity (Wildman–Crippen MR) is 81.3 cm³/mol. The second-order valence-electron chi connectivity index (χ2n) is 4.40. The van der Waals surface area contributed by atoms with Gasteiger partial charge in [0.05, 0.1) is 0 Å². The Kier molecular flexibility index (Phi) is 3.35.